The largest absolute Gasteiger partial charge is 0.361 e. The summed E-state index contributed by atoms with van der Waals surface area (Å²) >= 11 is 4.91. The normalized spacial score (nSPS) is 9.83. The average Bonchev–Trinajstić information content (AvgIpc) is 2.05. The van der Waals surface area contributed by atoms with Crippen molar-refractivity contribution in [1.82, 2.24) is 9.97 Å². The minimum Gasteiger partial charge on any atom is -0.361 e. The number of rotatable bonds is 3. The zero-order valence-corrected chi connectivity index (χ0v) is 8.19. The third-order valence-corrected chi connectivity index (χ3v) is 1.84. The molecule has 0 aromatic carbocycles. The van der Waals surface area contributed by atoms with Gasteiger partial charge in [0.15, 0.2) is 4.77 Å². The highest BCUT2D eigenvalue weighted by molar-refractivity contribution is 7.71. The summed E-state index contributed by atoms with van der Waals surface area (Å²) in [5, 5.41) is 0. The Morgan fingerprint density at radius 1 is 1.67 bits per heavy atom. The number of anilines is 1. The fourth-order valence-corrected chi connectivity index (χ4v) is 1.20. The Morgan fingerprint density at radius 2 is 2.42 bits per heavy atom. The molecule has 1 aromatic heterocycles. The minimum atomic E-state index is 0.537. The quantitative estimate of drug-likeness (QED) is 0.727. The van der Waals surface area contributed by atoms with Crippen LogP contribution in [0.3, 0.4) is 0 Å². The molecule has 1 N–H and O–H groups in total. The average molecular weight is 183 g/mol. The van der Waals surface area contributed by atoms with E-state index in [4.69, 9.17) is 12.2 Å². The third kappa shape index (κ3) is 2.30. The molecular weight excluding hydrogens is 170 g/mol. The molecule has 12 heavy (non-hydrogen) atoms. The Hall–Kier alpha value is -0.900. The van der Waals surface area contributed by atoms with Crippen LogP contribution in [0, 0.1) is 4.77 Å². The van der Waals surface area contributed by atoms with E-state index in [-0.39, 0.29) is 0 Å². The van der Waals surface area contributed by atoms with Crippen LogP contribution >= 0.6 is 12.2 Å². The van der Waals surface area contributed by atoms with E-state index in [1.807, 2.05) is 13.1 Å². The molecule has 0 amide bonds. The maximum atomic E-state index is 4.91. The van der Waals surface area contributed by atoms with Gasteiger partial charge in [0.2, 0.25) is 0 Å². The van der Waals surface area contributed by atoms with E-state index in [1.54, 1.807) is 6.20 Å². The Kier molecular flexibility index (Phi) is 3.22. The van der Waals surface area contributed by atoms with E-state index in [0.717, 1.165) is 18.8 Å². The number of hydrogen-bond acceptors (Lipinski definition) is 3. The summed E-state index contributed by atoms with van der Waals surface area (Å²) in [4.78, 5) is 9.06. The van der Waals surface area contributed by atoms with Crippen LogP contribution in [0.2, 0.25) is 0 Å². The molecule has 0 atom stereocenters. The minimum absolute atomic E-state index is 0.537. The molecule has 0 spiro atoms. The predicted molar refractivity (Wildman–Crippen MR) is 53.0 cm³/mol. The monoisotopic (exact) mass is 183 g/mol. The zero-order chi connectivity index (χ0) is 8.97. The van der Waals surface area contributed by atoms with Gasteiger partial charge >= 0.3 is 0 Å². The lowest BCUT2D eigenvalue weighted by atomic mass is 10.4. The summed E-state index contributed by atoms with van der Waals surface area (Å²) in [7, 11) is 2.03. The van der Waals surface area contributed by atoms with Gasteiger partial charge < -0.3 is 9.88 Å². The van der Waals surface area contributed by atoms with E-state index in [1.165, 1.54) is 0 Å². The van der Waals surface area contributed by atoms with Crippen LogP contribution in [0.4, 0.5) is 5.82 Å². The second-order valence-corrected chi connectivity index (χ2v) is 3.07. The van der Waals surface area contributed by atoms with Gasteiger partial charge in [-0.15, -0.1) is 0 Å². The van der Waals surface area contributed by atoms with Gasteiger partial charge in [-0.1, -0.05) is 6.92 Å². The molecule has 4 heteroatoms. The molecule has 66 valence electrons. The zero-order valence-electron chi connectivity index (χ0n) is 7.37. The first-order valence-electron chi connectivity index (χ1n) is 4.00. The van der Waals surface area contributed by atoms with Crippen molar-refractivity contribution in [3.8, 4) is 0 Å². The molecule has 0 aliphatic heterocycles. The highest BCUT2D eigenvalue weighted by atomic mass is 32.1. The van der Waals surface area contributed by atoms with Gasteiger partial charge in [0.05, 0.1) is 0 Å². The van der Waals surface area contributed by atoms with Gasteiger partial charge in [-0.2, -0.15) is 0 Å². The summed E-state index contributed by atoms with van der Waals surface area (Å²) in [5.41, 5.74) is 0. The first-order valence-corrected chi connectivity index (χ1v) is 4.41. The molecule has 0 bridgehead atoms. The van der Waals surface area contributed by atoms with Crippen LogP contribution in [0.15, 0.2) is 12.3 Å². The molecule has 3 nitrogen and oxygen atoms in total. The Bertz CT molecular complexity index is 294. The van der Waals surface area contributed by atoms with E-state index in [0.29, 0.717) is 4.77 Å². The summed E-state index contributed by atoms with van der Waals surface area (Å²) < 4.78 is 0.537. The number of nitrogens with zero attached hydrogens (tertiary/aromatic N) is 2. The SMILES string of the molecule is CCCN(C)c1ccnc(=S)[nH]1. The van der Waals surface area contributed by atoms with Crippen molar-refractivity contribution < 1.29 is 0 Å². The lowest BCUT2D eigenvalue weighted by Crippen LogP contribution is -2.18. The van der Waals surface area contributed by atoms with Crippen molar-refractivity contribution in [3.05, 3.63) is 17.0 Å². The Labute approximate surface area is 77.4 Å². The fourth-order valence-electron chi connectivity index (χ4n) is 1.04. The van der Waals surface area contributed by atoms with Crippen molar-refractivity contribution in [2.24, 2.45) is 0 Å². The molecule has 0 aliphatic rings. The van der Waals surface area contributed by atoms with Gasteiger partial charge in [0, 0.05) is 19.8 Å². The van der Waals surface area contributed by atoms with Gasteiger partial charge in [0.25, 0.3) is 0 Å². The summed E-state index contributed by atoms with van der Waals surface area (Å²) in [6.07, 6.45) is 2.85. The maximum Gasteiger partial charge on any atom is 0.198 e. The molecule has 0 unspecified atom stereocenters. The second-order valence-electron chi connectivity index (χ2n) is 2.68. The number of H-pyrrole nitrogens is 1. The molecule has 1 rings (SSSR count). The van der Waals surface area contributed by atoms with E-state index in [9.17, 15) is 0 Å². The molecule has 1 aromatic rings. The van der Waals surface area contributed by atoms with Gasteiger partial charge in [-0.25, -0.2) is 4.98 Å². The second kappa shape index (κ2) is 4.21. The van der Waals surface area contributed by atoms with Crippen LogP contribution in [0.25, 0.3) is 0 Å². The molecule has 0 fully saturated rings. The third-order valence-electron chi connectivity index (χ3n) is 1.63. The Morgan fingerprint density at radius 3 is 3.00 bits per heavy atom. The first-order chi connectivity index (χ1) is 5.74. The smallest absolute Gasteiger partial charge is 0.198 e. The topological polar surface area (TPSA) is 31.9 Å². The van der Waals surface area contributed by atoms with Crippen LogP contribution in [0.1, 0.15) is 13.3 Å². The van der Waals surface area contributed by atoms with E-state index < -0.39 is 0 Å². The van der Waals surface area contributed by atoms with Crippen LogP contribution < -0.4 is 4.90 Å². The summed E-state index contributed by atoms with van der Waals surface area (Å²) in [6, 6.07) is 1.92. The van der Waals surface area contributed by atoms with Crippen molar-refractivity contribution in [2.45, 2.75) is 13.3 Å². The molecular formula is C8H13N3S. The van der Waals surface area contributed by atoms with Crippen LogP contribution in [0.5, 0.6) is 0 Å². The number of hydrogen-bond donors (Lipinski definition) is 1. The lowest BCUT2D eigenvalue weighted by molar-refractivity contribution is 0.833. The standard InChI is InChI=1S/C8H13N3S/c1-3-6-11(2)7-4-5-9-8(12)10-7/h4-5H,3,6H2,1-2H3,(H,9,10,12). The van der Waals surface area contributed by atoms with E-state index in [2.05, 4.69) is 21.8 Å². The summed E-state index contributed by atoms with van der Waals surface area (Å²) in [6.45, 7) is 3.17. The highest BCUT2D eigenvalue weighted by Crippen LogP contribution is 2.05. The predicted octanol–water partition coefficient (Wildman–Crippen LogP) is 1.99. The van der Waals surface area contributed by atoms with Crippen molar-refractivity contribution in [2.75, 3.05) is 18.5 Å². The first kappa shape index (κ1) is 9.19. The van der Waals surface area contributed by atoms with Crippen molar-refractivity contribution >= 4 is 18.0 Å². The number of nitrogens with one attached hydrogen (secondary N) is 1. The molecule has 0 saturated carbocycles. The number of aromatic nitrogens is 2. The lowest BCUT2D eigenvalue weighted by Gasteiger charge is -2.16. The van der Waals surface area contributed by atoms with E-state index >= 15 is 0 Å². The van der Waals surface area contributed by atoms with Crippen LogP contribution in [-0.4, -0.2) is 23.6 Å². The van der Waals surface area contributed by atoms with Gasteiger partial charge in [-0.05, 0) is 24.7 Å². The highest BCUT2D eigenvalue weighted by Gasteiger charge is 1.97. The fraction of sp³-hybridized carbons (Fsp3) is 0.500. The van der Waals surface area contributed by atoms with Crippen molar-refractivity contribution in [1.29, 1.82) is 0 Å². The Balaban J connectivity index is 2.80. The summed E-state index contributed by atoms with van der Waals surface area (Å²) in [5.74, 6) is 1.02. The molecule has 0 aliphatic carbocycles. The molecule has 0 saturated heterocycles. The molecule has 0 radical (unpaired) electrons. The van der Waals surface area contributed by atoms with Crippen molar-refractivity contribution in [3.63, 3.8) is 0 Å². The maximum absolute atomic E-state index is 4.91. The molecule has 1 heterocycles. The van der Waals surface area contributed by atoms with Crippen LogP contribution in [-0.2, 0) is 0 Å². The van der Waals surface area contributed by atoms with Gasteiger partial charge in [-0.3, -0.25) is 0 Å². The van der Waals surface area contributed by atoms with Gasteiger partial charge in [0.1, 0.15) is 5.82 Å². The number of aromatic amines is 1.